The molecule has 0 aromatic carbocycles. The van der Waals surface area contributed by atoms with E-state index in [2.05, 4.69) is 4.99 Å². The predicted molar refractivity (Wildman–Crippen MR) is 36.5 cm³/mol. The summed E-state index contributed by atoms with van der Waals surface area (Å²) in [5.74, 6) is 0.371. The Morgan fingerprint density at radius 1 is 1.70 bits per heavy atom. The molecule has 10 heavy (non-hydrogen) atoms. The average molecular weight is 141 g/mol. The summed E-state index contributed by atoms with van der Waals surface area (Å²) in [6, 6.07) is 0.145. The second-order valence-corrected chi connectivity index (χ2v) is 2.63. The molecule has 0 N–H and O–H groups in total. The molecule has 2 atom stereocenters. The lowest BCUT2D eigenvalue weighted by Gasteiger charge is -2.23. The summed E-state index contributed by atoms with van der Waals surface area (Å²) in [4.78, 5) is 13.6. The minimum absolute atomic E-state index is 0.145. The molecule has 0 aromatic heterocycles. The zero-order valence-electron chi connectivity index (χ0n) is 6.04. The lowest BCUT2D eigenvalue weighted by atomic mass is 9.99. The Bertz CT molecular complexity index is 152. The average Bonchev–Trinajstić information content (AvgIpc) is 1.94. The van der Waals surface area contributed by atoms with Crippen molar-refractivity contribution in [3.05, 3.63) is 0 Å². The first-order valence-corrected chi connectivity index (χ1v) is 3.49. The fraction of sp³-hybridized carbons (Fsp3) is 0.857. The van der Waals surface area contributed by atoms with Crippen LogP contribution in [0.3, 0.4) is 0 Å². The number of rotatable bonds is 1. The van der Waals surface area contributed by atoms with Crippen LogP contribution in [-0.4, -0.2) is 25.3 Å². The molecule has 1 saturated heterocycles. The minimum atomic E-state index is 0.145. The Kier molecular flexibility index (Phi) is 2.60. The normalized spacial score (nSPS) is 32.9. The van der Waals surface area contributed by atoms with Crippen LogP contribution in [0, 0.1) is 5.92 Å². The Hall–Kier alpha value is -0.660. The van der Waals surface area contributed by atoms with Crippen molar-refractivity contribution >= 4 is 6.08 Å². The smallest absolute Gasteiger partial charge is 0.235 e. The van der Waals surface area contributed by atoms with E-state index in [0.717, 1.165) is 19.6 Å². The molecule has 1 heterocycles. The number of carbonyl (C=O) groups excluding carboxylic acids is 1. The van der Waals surface area contributed by atoms with Crippen LogP contribution in [-0.2, 0) is 9.53 Å². The van der Waals surface area contributed by atoms with Crippen LogP contribution in [0.2, 0.25) is 0 Å². The first-order chi connectivity index (χ1) is 4.84. The summed E-state index contributed by atoms with van der Waals surface area (Å²) in [5, 5.41) is 0. The second-order valence-electron chi connectivity index (χ2n) is 2.63. The van der Waals surface area contributed by atoms with E-state index in [1.807, 2.05) is 6.92 Å². The molecular weight excluding hydrogens is 130 g/mol. The van der Waals surface area contributed by atoms with Crippen LogP contribution in [0.4, 0.5) is 0 Å². The molecule has 0 aromatic rings. The van der Waals surface area contributed by atoms with Crippen molar-refractivity contribution in [3.8, 4) is 0 Å². The molecule has 2 unspecified atom stereocenters. The van der Waals surface area contributed by atoms with Gasteiger partial charge >= 0.3 is 0 Å². The van der Waals surface area contributed by atoms with Crippen molar-refractivity contribution in [1.29, 1.82) is 0 Å². The molecule has 3 heteroatoms. The fourth-order valence-corrected chi connectivity index (χ4v) is 1.13. The number of nitrogens with zero attached hydrogens (tertiary/aromatic N) is 1. The Balaban J connectivity index is 2.47. The van der Waals surface area contributed by atoms with Gasteiger partial charge in [0.1, 0.15) is 0 Å². The highest BCUT2D eigenvalue weighted by Crippen LogP contribution is 2.16. The topological polar surface area (TPSA) is 38.7 Å². The predicted octanol–water partition coefficient (Wildman–Crippen LogP) is 0.747. The highest BCUT2D eigenvalue weighted by molar-refractivity contribution is 5.33. The van der Waals surface area contributed by atoms with Crippen LogP contribution in [0.15, 0.2) is 4.99 Å². The molecule has 1 rings (SSSR count). The van der Waals surface area contributed by atoms with Crippen molar-refractivity contribution in [2.24, 2.45) is 10.9 Å². The van der Waals surface area contributed by atoms with Gasteiger partial charge in [0.15, 0.2) is 0 Å². The third-order valence-corrected chi connectivity index (χ3v) is 1.81. The zero-order chi connectivity index (χ0) is 7.40. The molecule has 1 aliphatic heterocycles. The van der Waals surface area contributed by atoms with Gasteiger partial charge in [0.2, 0.25) is 6.08 Å². The van der Waals surface area contributed by atoms with E-state index < -0.39 is 0 Å². The highest BCUT2D eigenvalue weighted by Gasteiger charge is 2.20. The maximum Gasteiger partial charge on any atom is 0.235 e. The number of isocyanates is 1. The molecular formula is C7H11NO2. The van der Waals surface area contributed by atoms with Gasteiger partial charge in [0.05, 0.1) is 12.6 Å². The van der Waals surface area contributed by atoms with E-state index >= 15 is 0 Å². The first kappa shape index (κ1) is 7.45. The van der Waals surface area contributed by atoms with Gasteiger partial charge < -0.3 is 4.74 Å². The van der Waals surface area contributed by atoms with Crippen molar-refractivity contribution in [2.75, 3.05) is 13.2 Å². The number of ether oxygens (including phenoxy) is 1. The van der Waals surface area contributed by atoms with E-state index in [1.165, 1.54) is 0 Å². The first-order valence-electron chi connectivity index (χ1n) is 3.49. The van der Waals surface area contributed by atoms with Crippen molar-refractivity contribution < 1.29 is 9.53 Å². The van der Waals surface area contributed by atoms with Gasteiger partial charge in [-0.05, 0) is 6.42 Å². The van der Waals surface area contributed by atoms with Gasteiger partial charge in [-0.15, -0.1) is 0 Å². The van der Waals surface area contributed by atoms with Crippen LogP contribution in [0.5, 0.6) is 0 Å². The molecule has 0 bridgehead atoms. The van der Waals surface area contributed by atoms with Gasteiger partial charge in [-0.25, -0.2) is 9.79 Å². The van der Waals surface area contributed by atoms with Crippen LogP contribution in [0.25, 0.3) is 0 Å². The van der Waals surface area contributed by atoms with Crippen molar-refractivity contribution in [3.63, 3.8) is 0 Å². The quantitative estimate of drug-likeness (QED) is 0.399. The molecule has 3 nitrogen and oxygen atoms in total. The summed E-state index contributed by atoms with van der Waals surface area (Å²) < 4.78 is 5.17. The standard InChI is InChI=1S/C7H11NO2/c1-6-4-10-3-2-7(6)8-5-9/h6-7H,2-4H2,1H3. The molecule has 1 aliphatic rings. The van der Waals surface area contributed by atoms with Crippen molar-refractivity contribution in [1.82, 2.24) is 0 Å². The third kappa shape index (κ3) is 1.66. The largest absolute Gasteiger partial charge is 0.381 e. The van der Waals surface area contributed by atoms with E-state index in [-0.39, 0.29) is 6.04 Å². The van der Waals surface area contributed by atoms with Crippen LogP contribution in [0.1, 0.15) is 13.3 Å². The molecule has 1 fully saturated rings. The summed E-state index contributed by atoms with van der Waals surface area (Å²) in [5.41, 5.74) is 0. The van der Waals surface area contributed by atoms with Gasteiger partial charge in [-0.3, -0.25) is 0 Å². The third-order valence-electron chi connectivity index (χ3n) is 1.81. The number of hydrogen-bond donors (Lipinski definition) is 0. The van der Waals surface area contributed by atoms with Crippen LogP contribution < -0.4 is 0 Å². The second kappa shape index (κ2) is 3.49. The summed E-state index contributed by atoms with van der Waals surface area (Å²) >= 11 is 0. The Morgan fingerprint density at radius 3 is 3.10 bits per heavy atom. The Labute approximate surface area is 60.1 Å². The maximum atomic E-state index is 9.89. The summed E-state index contributed by atoms with van der Waals surface area (Å²) in [6.07, 6.45) is 2.44. The molecule has 0 spiro atoms. The lowest BCUT2D eigenvalue weighted by molar-refractivity contribution is 0.0497. The zero-order valence-corrected chi connectivity index (χ0v) is 6.04. The molecule has 56 valence electrons. The molecule has 0 aliphatic carbocycles. The number of aliphatic imine (C=N–C) groups is 1. The van der Waals surface area contributed by atoms with Crippen LogP contribution >= 0.6 is 0 Å². The van der Waals surface area contributed by atoms with E-state index in [4.69, 9.17) is 4.74 Å². The summed E-state index contributed by atoms with van der Waals surface area (Å²) in [7, 11) is 0. The van der Waals surface area contributed by atoms with E-state index in [9.17, 15) is 4.79 Å². The van der Waals surface area contributed by atoms with Crippen molar-refractivity contribution in [2.45, 2.75) is 19.4 Å². The minimum Gasteiger partial charge on any atom is -0.381 e. The summed E-state index contributed by atoms with van der Waals surface area (Å²) in [6.45, 7) is 3.47. The lowest BCUT2D eigenvalue weighted by Crippen LogP contribution is -2.28. The van der Waals surface area contributed by atoms with Gasteiger partial charge in [0.25, 0.3) is 0 Å². The fourth-order valence-electron chi connectivity index (χ4n) is 1.13. The Morgan fingerprint density at radius 2 is 2.50 bits per heavy atom. The maximum absolute atomic E-state index is 9.89. The number of hydrogen-bond acceptors (Lipinski definition) is 3. The van der Waals surface area contributed by atoms with Gasteiger partial charge in [-0.1, -0.05) is 6.92 Å². The SMILES string of the molecule is CC1COCCC1N=C=O. The van der Waals surface area contributed by atoms with Gasteiger partial charge in [0, 0.05) is 12.5 Å². The highest BCUT2D eigenvalue weighted by atomic mass is 16.5. The van der Waals surface area contributed by atoms with Gasteiger partial charge in [-0.2, -0.15) is 0 Å². The molecule has 0 saturated carbocycles. The molecule has 0 radical (unpaired) electrons. The van der Waals surface area contributed by atoms with E-state index in [1.54, 1.807) is 6.08 Å². The molecule has 0 amide bonds. The van der Waals surface area contributed by atoms with E-state index in [0.29, 0.717) is 5.92 Å². The monoisotopic (exact) mass is 141 g/mol.